The number of nitriles is 1. The number of ketones is 1. The second-order valence-electron chi connectivity index (χ2n) is 6.53. The van der Waals surface area contributed by atoms with Crippen LogP contribution in [0.25, 0.3) is 16.8 Å². The van der Waals surface area contributed by atoms with Gasteiger partial charge in [-0.3, -0.25) is 4.79 Å². The van der Waals surface area contributed by atoms with Crippen LogP contribution in [0.3, 0.4) is 0 Å². The summed E-state index contributed by atoms with van der Waals surface area (Å²) in [5.41, 5.74) is 4.29. The Bertz CT molecular complexity index is 1140. The van der Waals surface area contributed by atoms with Gasteiger partial charge in [0.25, 0.3) is 0 Å². The summed E-state index contributed by atoms with van der Waals surface area (Å²) in [5.74, 6) is 0.800. The monoisotopic (exact) mass is 419 g/mol. The number of Topliss-reactive ketones (excluding diaryl/α,β-unsaturated/α-hetero) is 1. The first-order valence-electron chi connectivity index (χ1n) is 9.13. The number of rotatable bonds is 7. The van der Waals surface area contributed by atoms with Crippen LogP contribution in [0.1, 0.15) is 27.9 Å². The van der Waals surface area contributed by atoms with E-state index in [9.17, 15) is 10.1 Å². The summed E-state index contributed by atoms with van der Waals surface area (Å²) in [7, 11) is 3.03. The molecule has 0 saturated carbocycles. The molecule has 1 N–H and O–H groups in total. The molecule has 2 aromatic carbocycles. The molecule has 0 aliphatic heterocycles. The van der Waals surface area contributed by atoms with E-state index < -0.39 is 0 Å². The van der Waals surface area contributed by atoms with Crippen LogP contribution in [-0.2, 0) is 0 Å². The van der Waals surface area contributed by atoms with Crippen LogP contribution in [0, 0.1) is 18.3 Å². The molecule has 0 atom stereocenters. The Hall–Kier alpha value is -3.63. The number of nitrogens with one attached hydrogen (secondary N) is 1. The lowest BCUT2D eigenvalue weighted by molar-refractivity contribution is 0.101. The van der Waals surface area contributed by atoms with Gasteiger partial charge in [0.2, 0.25) is 0 Å². The first-order valence-corrected chi connectivity index (χ1v) is 10.0. The molecule has 0 aliphatic carbocycles. The molecule has 7 heteroatoms. The molecule has 0 amide bonds. The lowest BCUT2D eigenvalue weighted by Crippen LogP contribution is -2.03. The van der Waals surface area contributed by atoms with Crippen LogP contribution >= 0.6 is 11.3 Å². The number of anilines is 1. The minimum absolute atomic E-state index is 0.138. The second-order valence-corrected chi connectivity index (χ2v) is 7.39. The van der Waals surface area contributed by atoms with E-state index in [0.29, 0.717) is 33.3 Å². The van der Waals surface area contributed by atoms with Crippen LogP contribution in [0.4, 0.5) is 5.69 Å². The number of thiazole rings is 1. The van der Waals surface area contributed by atoms with Crippen LogP contribution in [0.15, 0.2) is 48.0 Å². The highest BCUT2D eigenvalue weighted by Crippen LogP contribution is 2.34. The molecule has 1 heterocycles. The minimum atomic E-state index is -0.138. The Kier molecular flexibility index (Phi) is 6.50. The molecule has 6 nitrogen and oxygen atoms in total. The van der Waals surface area contributed by atoms with Crippen LogP contribution in [-0.4, -0.2) is 25.0 Å². The molecule has 0 unspecified atom stereocenters. The summed E-state index contributed by atoms with van der Waals surface area (Å²) < 4.78 is 10.6. The van der Waals surface area contributed by atoms with Gasteiger partial charge in [-0.1, -0.05) is 29.8 Å². The van der Waals surface area contributed by atoms with E-state index in [1.807, 2.05) is 36.6 Å². The molecule has 1 aromatic heterocycles. The largest absolute Gasteiger partial charge is 0.493 e. The fourth-order valence-electron chi connectivity index (χ4n) is 2.84. The van der Waals surface area contributed by atoms with Gasteiger partial charge < -0.3 is 14.8 Å². The summed E-state index contributed by atoms with van der Waals surface area (Å²) in [4.78, 5) is 16.7. The Morgan fingerprint density at radius 3 is 2.43 bits per heavy atom. The van der Waals surface area contributed by atoms with E-state index in [4.69, 9.17) is 9.47 Å². The normalized spacial score (nSPS) is 11.0. The average Bonchev–Trinajstić information content (AvgIpc) is 3.24. The molecule has 0 fully saturated rings. The van der Waals surface area contributed by atoms with Crippen molar-refractivity contribution in [2.45, 2.75) is 13.8 Å². The molecule has 0 saturated heterocycles. The number of allylic oxidation sites excluding steroid dienone is 1. The van der Waals surface area contributed by atoms with Gasteiger partial charge in [0, 0.05) is 28.8 Å². The Balaban J connectivity index is 1.92. The van der Waals surface area contributed by atoms with Crippen LogP contribution in [0.5, 0.6) is 11.5 Å². The number of carbonyl (C=O) groups excluding carboxylic acids is 1. The SMILES string of the molecule is COc1cc(NC=C(C#N)c2nc(-c3ccc(C)cc3)cs2)c(C(C)=O)cc1OC. The number of benzene rings is 2. The maximum Gasteiger partial charge on any atom is 0.162 e. The van der Waals surface area contributed by atoms with Crippen molar-refractivity contribution in [3.63, 3.8) is 0 Å². The fourth-order valence-corrected chi connectivity index (χ4v) is 3.63. The van der Waals surface area contributed by atoms with Gasteiger partial charge in [-0.05, 0) is 19.9 Å². The van der Waals surface area contributed by atoms with Gasteiger partial charge in [0.15, 0.2) is 17.3 Å². The molecule has 152 valence electrons. The quantitative estimate of drug-likeness (QED) is 0.412. The summed E-state index contributed by atoms with van der Waals surface area (Å²) >= 11 is 1.39. The van der Waals surface area contributed by atoms with Gasteiger partial charge in [0.05, 0.1) is 25.6 Å². The Morgan fingerprint density at radius 2 is 1.83 bits per heavy atom. The molecular weight excluding hydrogens is 398 g/mol. The number of nitrogens with zero attached hydrogens (tertiary/aromatic N) is 2. The predicted molar refractivity (Wildman–Crippen MR) is 119 cm³/mol. The third-order valence-corrected chi connectivity index (χ3v) is 5.35. The van der Waals surface area contributed by atoms with Crippen molar-refractivity contribution in [3.05, 3.63) is 64.1 Å². The standard InChI is InChI=1S/C23H21N3O3S/c1-14-5-7-16(8-6-14)20-13-30-23(26-20)17(11-24)12-25-19-10-22(29-4)21(28-3)9-18(19)15(2)27/h5-10,12-13,25H,1-4H3. The third-order valence-electron chi connectivity index (χ3n) is 4.48. The maximum absolute atomic E-state index is 12.1. The van der Waals surface area contributed by atoms with Crippen molar-refractivity contribution >= 4 is 28.4 Å². The molecule has 30 heavy (non-hydrogen) atoms. The fraction of sp³-hybridized carbons (Fsp3) is 0.174. The lowest BCUT2D eigenvalue weighted by atomic mass is 10.1. The van der Waals surface area contributed by atoms with Gasteiger partial charge in [-0.15, -0.1) is 11.3 Å². The van der Waals surface area contributed by atoms with Crippen molar-refractivity contribution in [2.75, 3.05) is 19.5 Å². The Morgan fingerprint density at radius 1 is 1.17 bits per heavy atom. The van der Waals surface area contributed by atoms with Gasteiger partial charge >= 0.3 is 0 Å². The number of aromatic nitrogens is 1. The van der Waals surface area contributed by atoms with Crippen molar-refractivity contribution in [1.29, 1.82) is 5.26 Å². The molecule has 0 radical (unpaired) electrons. The van der Waals surface area contributed by atoms with E-state index in [2.05, 4.69) is 16.4 Å². The second kappa shape index (κ2) is 9.25. The van der Waals surface area contributed by atoms with Crippen LogP contribution < -0.4 is 14.8 Å². The highest BCUT2D eigenvalue weighted by Gasteiger charge is 2.15. The summed E-state index contributed by atoms with van der Waals surface area (Å²) in [6, 6.07) is 13.5. The first kappa shape index (κ1) is 21.1. The first-order chi connectivity index (χ1) is 14.5. The maximum atomic E-state index is 12.1. The van der Waals surface area contributed by atoms with E-state index in [1.54, 1.807) is 18.3 Å². The number of hydrogen-bond acceptors (Lipinski definition) is 7. The van der Waals surface area contributed by atoms with E-state index >= 15 is 0 Å². The lowest BCUT2D eigenvalue weighted by Gasteiger charge is -2.13. The molecular formula is C23H21N3O3S. The number of ether oxygens (including phenoxy) is 2. The zero-order valence-electron chi connectivity index (χ0n) is 17.1. The smallest absolute Gasteiger partial charge is 0.162 e. The van der Waals surface area contributed by atoms with Crippen molar-refractivity contribution in [3.8, 4) is 28.8 Å². The number of methoxy groups -OCH3 is 2. The summed E-state index contributed by atoms with van der Waals surface area (Å²) in [5, 5.41) is 15.2. The number of aryl methyl sites for hydroxylation is 1. The van der Waals surface area contributed by atoms with Crippen molar-refractivity contribution in [1.82, 2.24) is 4.98 Å². The molecule has 0 bridgehead atoms. The number of hydrogen-bond donors (Lipinski definition) is 1. The molecule has 3 aromatic rings. The Labute approximate surface area is 179 Å². The van der Waals surface area contributed by atoms with Gasteiger partial charge in [0.1, 0.15) is 16.6 Å². The predicted octanol–water partition coefficient (Wildman–Crippen LogP) is 5.31. The third kappa shape index (κ3) is 4.50. The van der Waals surface area contributed by atoms with Crippen molar-refractivity contribution in [2.24, 2.45) is 0 Å². The van der Waals surface area contributed by atoms with Crippen molar-refractivity contribution < 1.29 is 14.3 Å². The summed E-state index contributed by atoms with van der Waals surface area (Å²) in [6.07, 6.45) is 1.55. The van der Waals surface area contributed by atoms with E-state index in [-0.39, 0.29) is 5.78 Å². The molecule has 0 spiro atoms. The number of carbonyl (C=O) groups is 1. The van der Waals surface area contributed by atoms with Gasteiger partial charge in [-0.2, -0.15) is 5.26 Å². The summed E-state index contributed by atoms with van der Waals surface area (Å²) in [6.45, 7) is 3.50. The zero-order valence-corrected chi connectivity index (χ0v) is 18.0. The highest BCUT2D eigenvalue weighted by atomic mass is 32.1. The molecule has 3 rings (SSSR count). The zero-order chi connectivity index (χ0) is 21.7. The topological polar surface area (TPSA) is 84.2 Å². The van der Waals surface area contributed by atoms with E-state index in [1.165, 1.54) is 38.0 Å². The highest BCUT2D eigenvalue weighted by molar-refractivity contribution is 7.11. The average molecular weight is 420 g/mol. The molecule has 0 aliphatic rings. The van der Waals surface area contributed by atoms with Gasteiger partial charge in [-0.25, -0.2) is 4.98 Å². The van der Waals surface area contributed by atoms with Crippen LogP contribution in [0.2, 0.25) is 0 Å². The minimum Gasteiger partial charge on any atom is -0.493 e. The van der Waals surface area contributed by atoms with E-state index in [0.717, 1.165) is 11.3 Å².